The number of thioether (sulfide) groups is 1. The molecule has 47 heavy (non-hydrogen) atoms. The quantitative estimate of drug-likeness (QED) is 0.149. The topological polar surface area (TPSA) is 63.6 Å². The van der Waals surface area contributed by atoms with Gasteiger partial charge in [-0.05, 0) is 79.4 Å². The Hall–Kier alpha value is -5.27. The van der Waals surface area contributed by atoms with Crippen molar-refractivity contribution >= 4 is 52.0 Å². The molecule has 0 saturated heterocycles. The average Bonchev–Trinajstić information content (AvgIpc) is 3.64. The third-order valence-corrected chi connectivity index (χ3v) is 9.80. The summed E-state index contributed by atoms with van der Waals surface area (Å²) in [6.45, 7) is 7.41. The van der Waals surface area contributed by atoms with Gasteiger partial charge in [-0.15, -0.1) is 0 Å². The summed E-state index contributed by atoms with van der Waals surface area (Å²) in [4.78, 5) is 17.2. The predicted octanol–water partition coefficient (Wildman–Crippen LogP) is 8.28. The molecule has 1 unspecified atom stereocenters. The summed E-state index contributed by atoms with van der Waals surface area (Å²) in [5.74, 6) is -0.345. The van der Waals surface area contributed by atoms with E-state index in [4.69, 9.17) is 4.42 Å². The summed E-state index contributed by atoms with van der Waals surface area (Å²) < 4.78 is 8.67. The molecule has 0 amide bonds. The highest BCUT2D eigenvalue weighted by atomic mass is 32.2. The Labute approximate surface area is 279 Å². The van der Waals surface area contributed by atoms with E-state index in [-0.39, 0.29) is 0 Å². The Morgan fingerprint density at radius 2 is 1.47 bits per heavy atom. The number of rotatable bonds is 9. The van der Waals surface area contributed by atoms with Gasteiger partial charge in [0.05, 0.1) is 28.8 Å². The van der Waals surface area contributed by atoms with E-state index in [9.17, 15) is 9.90 Å². The van der Waals surface area contributed by atoms with Crippen LogP contribution >= 0.6 is 11.8 Å². The largest absolute Gasteiger partial charge is 0.548 e. The molecule has 0 bridgehead atoms. The van der Waals surface area contributed by atoms with Crippen molar-refractivity contribution in [3.8, 4) is 22.3 Å². The zero-order valence-corrected chi connectivity index (χ0v) is 27.4. The molecule has 2 heterocycles. The Morgan fingerprint density at radius 3 is 2.13 bits per heavy atom. The molecule has 1 atom stereocenters. The fourth-order valence-corrected chi connectivity index (χ4v) is 7.40. The number of oxazole rings is 1. The maximum absolute atomic E-state index is 12.0. The van der Waals surface area contributed by atoms with E-state index in [1.165, 1.54) is 11.1 Å². The second-order valence-corrected chi connectivity index (χ2v) is 12.6. The van der Waals surface area contributed by atoms with Crippen molar-refractivity contribution in [1.82, 2.24) is 0 Å². The Bertz CT molecular complexity index is 2090. The van der Waals surface area contributed by atoms with Crippen LogP contribution in [0.25, 0.3) is 39.4 Å². The highest BCUT2D eigenvalue weighted by molar-refractivity contribution is 8.03. The zero-order chi connectivity index (χ0) is 32.5. The number of nitrogens with zero attached hydrogens (tertiary/aromatic N) is 3. The van der Waals surface area contributed by atoms with Gasteiger partial charge in [-0.25, -0.2) is 0 Å². The number of para-hydroxylation sites is 1. The third kappa shape index (κ3) is 5.79. The minimum absolute atomic E-state index is 0.742. The molecule has 1 aromatic heterocycles. The number of hydrogen-bond donors (Lipinski definition) is 0. The summed E-state index contributed by atoms with van der Waals surface area (Å²) in [6, 6.07) is 40.3. The van der Waals surface area contributed by atoms with Gasteiger partial charge in [0.25, 0.3) is 5.52 Å². The van der Waals surface area contributed by atoms with Gasteiger partial charge in [0.1, 0.15) is 6.54 Å². The normalized spacial score (nSPS) is 14.0. The number of carbonyl (C=O) groups excluding carboxylic acids is 1. The van der Waals surface area contributed by atoms with Gasteiger partial charge in [0, 0.05) is 28.9 Å². The number of benzene rings is 5. The standard InChI is InChI=1S/C40H35N3O3S/c1-4-41-34-24-31(30-18-16-29(17-19-30)28-12-8-6-9-13-28)20-22-36(34)46-38(41)26-39-42(5-2)35-25-33(21-23-37(35)47-39)43(27(3)40(44)45)32-14-10-7-11-15-32/h6-27H,4-5H2,1-3H3. The minimum atomic E-state index is -1.13. The maximum atomic E-state index is 12.0. The molecular weight excluding hydrogens is 603 g/mol. The number of carboxylic acids is 1. The molecule has 0 saturated carbocycles. The molecule has 1 aliphatic rings. The van der Waals surface area contributed by atoms with Crippen LogP contribution in [0, 0.1) is 0 Å². The summed E-state index contributed by atoms with van der Waals surface area (Å²) in [5.41, 5.74) is 9.20. The van der Waals surface area contributed by atoms with E-state index in [1.807, 2.05) is 47.4 Å². The fourth-order valence-electron chi connectivity index (χ4n) is 6.27. The highest BCUT2D eigenvalue weighted by Gasteiger charge is 2.29. The van der Waals surface area contributed by atoms with Crippen molar-refractivity contribution in [1.29, 1.82) is 0 Å². The van der Waals surface area contributed by atoms with Crippen molar-refractivity contribution in [2.75, 3.05) is 16.3 Å². The molecular formula is C40H35N3O3S. The summed E-state index contributed by atoms with van der Waals surface area (Å²) in [6.07, 6.45) is 2.12. The summed E-state index contributed by atoms with van der Waals surface area (Å²) in [7, 11) is 0. The predicted molar refractivity (Wildman–Crippen MR) is 189 cm³/mol. The Kier molecular flexibility index (Phi) is 8.31. The summed E-state index contributed by atoms with van der Waals surface area (Å²) in [5, 5.41) is 13.1. The molecule has 1 aliphatic heterocycles. The van der Waals surface area contributed by atoms with E-state index in [0.717, 1.165) is 68.2 Å². The van der Waals surface area contributed by atoms with E-state index < -0.39 is 12.0 Å². The van der Waals surface area contributed by atoms with Crippen LogP contribution in [0.15, 0.2) is 136 Å². The molecule has 0 N–H and O–H groups in total. The zero-order valence-electron chi connectivity index (χ0n) is 26.6. The van der Waals surface area contributed by atoms with Gasteiger partial charge >= 0.3 is 5.89 Å². The fraction of sp³-hybridized carbons (Fsp3) is 0.150. The number of carbonyl (C=O) groups is 1. The van der Waals surface area contributed by atoms with Gasteiger partial charge in [-0.3, -0.25) is 0 Å². The van der Waals surface area contributed by atoms with Crippen LogP contribution in [0.3, 0.4) is 0 Å². The second-order valence-electron chi connectivity index (χ2n) is 11.5. The lowest BCUT2D eigenvalue weighted by atomic mass is 10.0. The molecule has 234 valence electrons. The van der Waals surface area contributed by atoms with Crippen molar-refractivity contribution in [2.24, 2.45) is 0 Å². The van der Waals surface area contributed by atoms with Crippen LogP contribution in [0.4, 0.5) is 17.1 Å². The summed E-state index contributed by atoms with van der Waals surface area (Å²) >= 11 is 1.69. The number of aliphatic carboxylic acids is 1. The Balaban J connectivity index is 1.21. The van der Waals surface area contributed by atoms with Gasteiger partial charge in [-0.2, -0.15) is 4.57 Å². The van der Waals surface area contributed by atoms with Crippen LogP contribution in [-0.4, -0.2) is 18.6 Å². The lowest BCUT2D eigenvalue weighted by Crippen LogP contribution is -2.44. The Morgan fingerprint density at radius 1 is 0.830 bits per heavy atom. The van der Waals surface area contributed by atoms with Crippen LogP contribution in [0.1, 0.15) is 26.7 Å². The molecule has 5 aromatic carbocycles. The first-order chi connectivity index (χ1) is 22.9. The van der Waals surface area contributed by atoms with Crippen molar-refractivity contribution in [2.45, 2.75) is 38.3 Å². The number of carboxylic acid groups (broad SMARTS) is 1. The molecule has 7 heteroatoms. The molecule has 0 aliphatic carbocycles. The molecule has 0 radical (unpaired) electrons. The number of hydrogen-bond acceptors (Lipinski definition) is 6. The smallest absolute Gasteiger partial charge is 0.376 e. The van der Waals surface area contributed by atoms with Crippen molar-refractivity contribution in [3.63, 3.8) is 0 Å². The first-order valence-corrected chi connectivity index (χ1v) is 16.7. The number of aromatic nitrogens is 1. The lowest BCUT2D eigenvalue weighted by Gasteiger charge is -2.32. The monoisotopic (exact) mass is 637 g/mol. The number of fused-ring (bicyclic) bond motifs is 2. The van der Waals surface area contributed by atoms with E-state index in [1.54, 1.807) is 18.7 Å². The van der Waals surface area contributed by atoms with Crippen LogP contribution < -0.4 is 19.5 Å². The van der Waals surface area contributed by atoms with Crippen molar-refractivity contribution in [3.05, 3.63) is 132 Å². The van der Waals surface area contributed by atoms with Gasteiger partial charge in [0.2, 0.25) is 5.58 Å². The molecule has 7 rings (SSSR count). The highest BCUT2D eigenvalue weighted by Crippen LogP contribution is 2.48. The lowest BCUT2D eigenvalue weighted by molar-refractivity contribution is -0.674. The van der Waals surface area contributed by atoms with E-state index >= 15 is 0 Å². The first-order valence-electron chi connectivity index (χ1n) is 15.9. The van der Waals surface area contributed by atoms with Gasteiger partial charge in [0.15, 0.2) is 0 Å². The molecule has 6 nitrogen and oxygen atoms in total. The SMILES string of the molecule is CCN1/C(=C/c2oc3ccc(-c4ccc(-c5ccccc5)cc4)cc3[n+]2CC)Sc2ccc(N(c3ccccc3)C(C)C(=O)[O-])cc21. The van der Waals surface area contributed by atoms with E-state index in [2.05, 4.69) is 108 Å². The number of anilines is 3. The minimum Gasteiger partial charge on any atom is -0.548 e. The van der Waals surface area contributed by atoms with Crippen LogP contribution in [0.5, 0.6) is 0 Å². The van der Waals surface area contributed by atoms with E-state index in [0.29, 0.717) is 0 Å². The van der Waals surface area contributed by atoms with Gasteiger partial charge in [-0.1, -0.05) is 90.6 Å². The van der Waals surface area contributed by atoms with Crippen LogP contribution in [-0.2, 0) is 11.3 Å². The maximum Gasteiger partial charge on any atom is 0.376 e. The van der Waals surface area contributed by atoms with Crippen LogP contribution in [0.2, 0.25) is 0 Å². The third-order valence-electron chi connectivity index (χ3n) is 8.69. The van der Waals surface area contributed by atoms with Gasteiger partial charge < -0.3 is 24.1 Å². The first kappa shape index (κ1) is 30.4. The molecule has 0 fully saturated rings. The number of aryl methyl sites for hydroxylation is 1. The molecule has 0 spiro atoms. The second kappa shape index (κ2) is 12.9. The van der Waals surface area contributed by atoms with Crippen molar-refractivity contribution < 1.29 is 18.9 Å². The average molecular weight is 638 g/mol. The molecule has 6 aromatic rings.